The van der Waals surface area contributed by atoms with Crippen LogP contribution in [-0.2, 0) is 0 Å². The Hall–Kier alpha value is -2.21. The molecule has 0 aliphatic heterocycles. The molecule has 1 aromatic heterocycles. The zero-order chi connectivity index (χ0) is 13.8. The molecule has 1 aromatic carbocycles. The second-order valence-corrected chi connectivity index (χ2v) is 3.98. The van der Waals surface area contributed by atoms with Gasteiger partial charge in [0.05, 0.1) is 12.1 Å². The molecule has 5 nitrogen and oxygen atoms in total. The second kappa shape index (κ2) is 5.62. The smallest absolute Gasteiger partial charge is 0.404 e. The van der Waals surface area contributed by atoms with Gasteiger partial charge in [-0.3, -0.25) is 10.1 Å². The van der Waals surface area contributed by atoms with Crippen molar-refractivity contribution in [1.29, 1.82) is 0 Å². The predicted molar refractivity (Wildman–Crippen MR) is 67.3 cm³/mol. The Morgan fingerprint density at radius 1 is 1.32 bits per heavy atom. The minimum atomic E-state index is -0.586. The van der Waals surface area contributed by atoms with Crippen LogP contribution in [0.1, 0.15) is 24.3 Å². The van der Waals surface area contributed by atoms with Gasteiger partial charge in [0.25, 0.3) is 0 Å². The molecule has 1 unspecified atom stereocenters. The average Bonchev–Trinajstić information content (AvgIpc) is 2.87. The molecule has 0 aliphatic rings. The maximum absolute atomic E-state index is 12.9. The maximum Gasteiger partial charge on any atom is 0.433 e. The lowest BCUT2D eigenvalue weighted by atomic mass is 10.0. The summed E-state index contributed by atoms with van der Waals surface area (Å²) in [5.74, 6) is -0.204. The zero-order valence-corrected chi connectivity index (χ0v) is 10.3. The molecule has 0 fully saturated rings. The van der Waals surface area contributed by atoms with Gasteiger partial charge in [0.15, 0.2) is 0 Å². The van der Waals surface area contributed by atoms with Gasteiger partial charge in [-0.15, -0.1) is 0 Å². The van der Waals surface area contributed by atoms with Crippen LogP contribution in [0.15, 0.2) is 40.8 Å². The van der Waals surface area contributed by atoms with Crippen LogP contribution in [0.4, 0.5) is 10.3 Å². The van der Waals surface area contributed by atoms with Gasteiger partial charge >= 0.3 is 5.88 Å². The summed E-state index contributed by atoms with van der Waals surface area (Å²) in [7, 11) is 0. The van der Waals surface area contributed by atoms with Crippen molar-refractivity contribution in [3.63, 3.8) is 0 Å². The topological polar surface area (TPSA) is 68.3 Å². The molecule has 6 heteroatoms. The number of halogens is 1. The third-order valence-electron chi connectivity index (χ3n) is 2.69. The summed E-state index contributed by atoms with van der Waals surface area (Å²) >= 11 is 0. The molecular weight excluding hydrogens is 251 g/mol. The van der Waals surface area contributed by atoms with E-state index in [-0.39, 0.29) is 17.7 Å². The van der Waals surface area contributed by atoms with Crippen molar-refractivity contribution >= 4 is 5.88 Å². The number of rotatable bonds is 5. The molecule has 1 atom stereocenters. The van der Waals surface area contributed by atoms with E-state index >= 15 is 0 Å². The lowest BCUT2D eigenvalue weighted by Crippen LogP contribution is -2.21. The monoisotopic (exact) mass is 264 g/mol. The molecule has 0 saturated carbocycles. The molecule has 0 amide bonds. The first-order chi connectivity index (χ1) is 9.11. The van der Waals surface area contributed by atoms with Gasteiger partial charge in [-0.1, -0.05) is 19.1 Å². The number of nitrogens with one attached hydrogen (secondary N) is 1. The highest BCUT2D eigenvalue weighted by atomic mass is 19.1. The van der Waals surface area contributed by atoms with Crippen LogP contribution in [0, 0.1) is 15.9 Å². The molecule has 2 aromatic rings. The summed E-state index contributed by atoms with van der Waals surface area (Å²) in [5, 5.41) is 13.8. The number of hydrogen-bond acceptors (Lipinski definition) is 4. The third kappa shape index (κ3) is 2.97. The molecule has 0 radical (unpaired) electrons. The van der Waals surface area contributed by atoms with Gasteiger partial charge in [-0.05, 0) is 30.3 Å². The first kappa shape index (κ1) is 13.2. The number of furan rings is 1. The Bertz CT molecular complexity index is 566. The highest BCUT2D eigenvalue weighted by Crippen LogP contribution is 2.26. The van der Waals surface area contributed by atoms with E-state index in [9.17, 15) is 14.5 Å². The number of nitrogens with zero attached hydrogens (tertiary/aromatic N) is 1. The molecule has 0 aliphatic carbocycles. The van der Waals surface area contributed by atoms with Crippen molar-refractivity contribution in [2.75, 3.05) is 6.54 Å². The lowest BCUT2D eigenvalue weighted by Gasteiger charge is -2.15. The quantitative estimate of drug-likeness (QED) is 0.665. The summed E-state index contributed by atoms with van der Waals surface area (Å²) in [6, 6.07) is 8.46. The van der Waals surface area contributed by atoms with Crippen LogP contribution in [0.3, 0.4) is 0 Å². The molecule has 0 spiro atoms. The highest BCUT2D eigenvalue weighted by molar-refractivity contribution is 5.30. The molecule has 0 bridgehead atoms. The first-order valence-electron chi connectivity index (χ1n) is 5.84. The van der Waals surface area contributed by atoms with Crippen LogP contribution >= 0.6 is 0 Å². The Morgan fingerprint density at radius 2 is 2.00 bits per heavy atom. The van der Waals surface area contributed by atoms with Crippen molar-refractivity contribution in [2.45, 2.75) is 13.0 Å². The normalized spacial score (nSPS) is 12.3. The van der Waals surface area contributed by atoms with Gasteiger partial charge in [0, 0.05) is 0 Å². The molecule has 1 heterocycles. The molecule has 2 rings (SSSR count). The van der Waals surface area contributed by atoms with Gasteiger partial charge in [-0.25, -0.2) is 4.39 Å². The fourth-order valence-electron chi connectivity index (χ4n) is 1.84. The lowest BCUT2D eigenvalue weighted by molar-refractivity contribution is -0.402. The van der Waals surface area contributed by atoms with Gasteiger partial charge < -0.3 is 9.73 Å². The summed E-state index contributed by atoms with van der Waals surface area (Å²) in [5.41, 5.74) is 0.785. The van der Waals surface area contributed by atoms with E-state index in [1.165, 1.54) is 18.2 Å². The van der Waals surface area contributed by atoms with E-state index in [1.54, 1.807) is 18.2 Å². The van der Waals surface area contributed by atoms with Crippen molar-refractivity contribution in [2.24, 2.45) is 0 Å². The Labute approximate surface area is 109 Å². The summed E-state index contributed by atoms with van der Waals surface area (Å²) in [4.78, 5) is 10.0. The third-order valence-corrected chi connectivity index (χ3v) is 2.69. The molecule has 100 valence electrons. The van der Waals surface area contributed by atoms with E-state index in [4.69, 9.17) is 4.42 Å². The van der Waals surface area contributed by atoms with E-state index in [2.05, 4.69) is 5.32 Å². The minimum absolute atomic E-state index is 0.306. The molecular formula is C13H13FN2O3. The first-order valence-corrected chi connectivity index (χ1v) is 5.84. The van der Waals surface area contributed by atoms with Crippen LogP contribution < -0.4 is 5.32 Å². The molecule has 0 saturated heterocycles. The van der Waals surface area contributed by atoms with Crippen LogP contribution in [-0.4, -0.2) is 11.5 Å². The number of nitro groups is 1. The Balaban J connectivity index is 2.33. The number of benzene rings is 1. The summed E-state index contributed by atoms with van der Waals surface area (Å²) < 4.78 is 18.1. The molecule has 19 heavy (non-hydrogen) atoms. The summed E-state index contributed by atoms with van der Waals surface area (Å²) in [6.07, 6.45) is 0. The largest absolute Gasteiger partial charge is 0.433 e. The SMILES string of the molecule is CCNC(c1ccc(F)cc1)c1ccc([N+](=O)[O-])o1. The van der Waals surface area contributed by atoms with Crippen LogP contribution in [0.25, 0.3) is 0 Å². The van der Waals surface area contributed by atoms with Crippen LogP contribution in [0.5, 0.6) is 0 Å². The van der Waals surface area contributed by atoms with Crippen molar-refractivity contribution in [3.05, 3.63) is 63.7 Å². The van der Waals surface area contributed by atoms with Crippen molar-refractivity contribution in [3.8, 4) is 0 Å². The van der Waals surface area contributed by atoms with E-state index in [0.29, 0.717) is 12.3 Å². The standard InChI is InChI=1S/C13H13FN2O3/c1-2-15-13(9-3-5-10(14)6-4-9)11-7-8-12(19-11)16(17)18/h3-8,13,15H,2H2,1H3. The summed E-state index contributed by atoms with van der Waals surface area (Å²) in [6.45, 7) is 2.56. The van der Waals surface area contributed by atoms with Crippen molar-refractivity contribution < 1.29 is 13.7 Å². The van der Waals surface area contributed by atoms with Crippen LogP contribution in [0.2, 0.25) is 0 Å². The highest BCUT2D eigenvalue weighted by Gasteiger charge is 2.20. The van der Waals surface area contributed by atoms with Crippen molar-refractivity contribution in [1.82, 2.24) is 5.32 Å². The zero-order valence-electron chi connectivity index (χ0n) is 10.3. The van der Waals surface area contributed by atoms with Gasteiger partial charge in [0.2, 0.25) is 0 Å². The minimum Gasteiger partial charge on any atom is -0.404 e. The fourth-order valence-corrected chi connectivity index (χ4v) is 1.84. The predicted octanol–water partition coefficient (Wildman–Crippen LogP) is 3.03. The number of hydrogen-bond donors (Lipinski definition) is 1. The van der Waals surface area contributed by atoms with E-state index in [1.807, 2.05) is 6.92 Å². The molecule has 1 N–H and O–H groups in total. The Morgan fingerprint density at radius 3 is 2.53 bits per heavy atom. The van der Waals surface area contributed by atoms with Gasteiger partial charge in [-0.2, -0.15) is 0 Å². The average molecular weight is 264 g/mol. The van der Waals surface area contributed by atoms with E-state index < -0.39 is 4.92 Å². The maximum atomic E-state index is 12.9. The van der Waals surface area contributed by atoms with E-state index in [0.717, 1.165) is 5.56 Å². The van der Waals surface area contributed by atoms with Gasteiger partial charge in [0.1, 0.15) is 16.5 Å². The fraction of sp³-hybridized carbons (Fsp3) is 0.231. The second-order valence-electron chi connectivity index (χ2n) is 3.98. The Kier molecular flexibility index (Phi) is 3.91.